The van der Waals surface area contributed by atoms with Gasteiger partial charge in [-0.15, -0.1) is 0 Å². The van der Waals surface area contributed by atoms with E-state index in [1.54, 1.807) is 36.2 Å². The molecule has 0 aliphatic carbocycles. The number of rotatable bonds is 7. The lowest BCUT2D eigenvalue weighted by Gasteiger charge is -2.23. The Hall–Kier alpha value is -3.67. The van der Waals surface area contributed by atoms with Crippen molar-refractivity contribution in [2.45, 2.75) is 11.9 Å². The van der Waals surface area contributed by atoms with Gasteiger partial charge in [-0.05, 0) is 22.3 Å². The van der Waals surface area contributed by atoms with Gasteiger partial charge in [0, 0.05) is 19.2 Å². The molecule has 2 aromatic carbocycles. The highest BCUT2D eigenvalue weighted by Crippen LogP contribution is 2.32. The molecule has 0 bridgehead atoms. The molecule has 0 atom stereocenters. The summed E-state index contributed by atoms with van der Waals surface area (Å²) in [7, 11) is 1.64. The molecule has 0 aliphatic rings. The van der Waals surface area contributed by atoms with Crippen molar-refractivity contribution in [1.29, 1.82) is 0 Å². The zero-order valence-electron chi connectivity index (χ0n) is 15.1. The number of halogens is 3. The Morgan fingerprint density at radius 3 is 2.50 bits per heavy atom. The molecule has 0 unspecified atom stereocenters. The zero-order valence-corrected chi connectivity index (χ0v) is 15.9. The lowest BCUT2D eigenvalue weighted by atomic mass is 10.1. The van der Waals surface area contributed by atoms with Gasteiger partial charge in [0.1, 0.15) is 11.4 Å². The van der Waals surface area contributed by atoms with Crippen LogP contribution in [0.4, 0.5) is 26.1 Å². The molecule has 0 aliphatic heterocycles. The third-order valence-corrected chi connectivity index (χ3v) is 4.33. The largest absolute Gasteiger partial charge is 0.400 e. The first-order valence-corrected chi connectivity index (χ1v) is 8.70. The Morgan fingerprint density at radius 2 is 1.90 bits per heavy atom. The van der Waals surface area contributed by atoms with Gasteiger partial charge in [0.05, 0.1) is 0 Å². The van der Waals surface area contributed by atoms with Crippen LogP contribution in [-0.2, 0) is 11.9 Å². The molecule has 0 radical (unpaired) electrons. The predicted molar refractivity (Wildman–Crippen MR) is 101 cm³/mol. The van der Waals surface area contributed by atoms with E-state index >= 15 is 0 Å². The van der Waals surface area contributed by atoms with Crippen molar-refractivity contribution in [3.05, 3.63) is 62.6 Å². The van der Waals surface area contributed by atoms with Crippen LogP contribution in [0.1, 0.15) is 11.5 Å². The number of nitrogens with zero attached hydrogens (tertiary/aromatic N) is 5. The molecule has 4 rings (SSSR count). The summed E-state index contributed by atoms with van der Waals surface area (Å²) in [5, 5.41) is 5.93. The fourth-order valence-corrected chi connectivity index (χ4v) is 2.84. The van der Waals surface area contributed by atoms with Crippen molar-refractivity contribution in [2.24, 2.45) is 0 Å². The third kappa shape index (κ3) is 3.64. The van der Waals surface area contributed by atoms with Gasteiger partial charge in [0.15, 0.2) is 0 Å². The second-order valence-corrected chi connectivity index (χ2v) is 6.71. The molecule has 0 saturated carbocycles. The van der Waals surface area contributed by atoms with Crippen molar-refractivity contribution in [1.82, 2.24) is 20.3 Å². The molecule has 10 nitrogen and oxygen atoms in total. The van der Waals surface area contributed by atoms with Crippen LogP contribution in [0.3, 0.4) is 0 Å². The molecule has 30 heavy (non-hydrogen) atoms. The number of aromatic nitrogens is 4. The molecule has 1 N–H and O–H groups in total. The van der Waals surface area contributed by atoms with E-state index in [0.29, 0.717) is 5.56 Å². The van der Waals surface area contributed by atoms with E-state index in [0.717, 1.165) is 12.0 Å². The van der Waals surface area contributed by atoms with Crippen LogP contribution < -0.4 is 21.1 Å². The molecule has 2 aromatic heterocycles. The van der Waals surface area contributed by atoms with Crippen molar-refractivity contribution in [2.75, 3.05) is 17.3 Å². The summed E-state index contributed by atoms with van der Waals surface area (Å²) in [6.07, 6.45) is 1.08. The Morgan fingerprint density at radius 1 is 1.17 bits per heavy atom. The molecule has 13 heteroatoms. The predicted octanol–water partition coefficient (Wildman–Crippen LogP) is 2.38. The van der Waals surface area contributed by atoms with Gasteiger partial charge >= 0.3 is 11.3 Å². The van der Waals surface area contributed by atoms with Gasteiger partial charge in [-0.3, -0.25) is 9.59 Å². The van der Waals surface area contributed by atoms with Crippen molar-refractivity contribution >= 4 is 28.9 Å². The van der Waals surface area contributed by atoms with E-state index in [1.165, 1.54) is 0 Å². The number of hydrogen-bond acceptors (Lipinski definition) is 10. The maximum absolute atomic E-state index is 13.0. The Labute approximate surface area is 170 Å². The lowest BCUT2D eigenvalue weighted by molar-refractivity contribution is 0.0551. The highest BCUT2D eigenvalue weighted by Gasteiger charge is 2.35. The number of benzene rings is 1. The molecule has 4 aromatic rings. The SMILES string of the molecule is CN(Cc1ccc(-c2noc(C(F)(F)Cl)n2)cc1)c1c(Nc2ncon2)c(=O)c1=O. The number of hydrogen-bond donors (Lipinski definition) is 1. The lowest BCUT2D eigenvalue weighted by Crippen LogP contribution is -2.40. The van der Waals surface area contributed by atoms with Crippen LogP contribution in [0.2, 0.25) is 0 Å². The average Bonchev–Trinajstić information content (AvgIpc) is 3.39. The Kier molecular flexibility index (Phi) is 4.78. The summed E-state index contributed by atoms with van der Waals surface area (Å²) in [5.74, 6) is -0.980. The second kappa shape index (κ2) is 7.30. The summed E-state index contributed by atoms with van der Waals surface area (Å²) in [6.45, 7) is 0.281. The molecular formula is C17H11ClF2N6O4. The summed E-state index contributed by atoms with van der Waals surface area (Å²) in [6, 6.07) is 6.59. The van der Waals surface area contributed by atoms with E-state index < -0.39 is 22.1 Å². The van der Waals surface area contributed by atoms with E-state index in [2.05, 4.69) is 34.6 Å². The van der Waals surface area contributed by atoms with Crippen molar-refractivity contribution in [3.8, 4) is 11.4 Å². The van der Waals surface area contributed by atoms with Gasteiger partial charge in [0.25, 0.3) is 16.8 Å². The zero-order chi connectivity index (χ0) is 21.5. The highest BCUT2D eigenvalue weighted by atomic mass is 35.5. The number of nitrogens with one attached hydrogen (secondary N) is 1. The second-order valence-electron chi connectivity index (χ2n) is 6.24. The maximum Gasteiger partial charge on any atom is 0.400 e. The summed E-state index contributed by atoms with van der Waals surface area (Å²) >= 11 is 4.86. The first-order chi connectivity index (χ1) is 14.2. The van der Waals surface area contributed by atoms with E-state index in [4.69, 9.17) is 11.6 Å². The molecule has 2 heterocycles. The van der Waals surface area contributed by atoms with Gasteiger partial charge in [0.2, 0.25) is 12.2 Å². The first-order valence-electron chi connectivity index (χ1n) is 8.32. The van der Waals surface area contributed by atoms with Gasteiger partial charge in [-0.25, -0.2) is 0 Å². The summed E-state index contributed by atoms with van der Waals surface area (Å²) in [4.78, 5) is 32.8. The molecule has 0 saturated heterocycles. The van der Waals surface area contributed by atoms with E-state index in [-0.39, 0.29) is 29.7 Å². The topological polar surface area (TPSA) is 127 Å². The van der Waals surface area contributed by atoms with Gasteiger partial charge < -0.3 is 19.3 Å². The number of alkyl halides is 3. The van der Waals surface area contributed by atoms with Crippen LogP contribution in [0, 0.1) is 0 Å². The Bertz CT molecular complexity index is 1240. The van der Waals surface area contributed by atoms with E-state index in [1.807, 2.05) is 0 Å². The number of anilines is 3. The minimum absolute atomic E-state index is 0.0423. The Balaban J connectivity index is 1.49. The quantitative estimate of drug-likeness (QED) is 0.340. The fraction of sp³-hybridized carbons (Fsp3) is 0.176. The van der Waals surface area contributed by atoms with Crippen molar-refractivity contribution in [3.63, 3.8) is 0 Å². The maximum atomic E-state index is 13.0. The molecular weight excluding hydrogens is 426 g/mol. The minimum atomic E-state index is -3.75. The van der Waals surface area contributed by atoms with Crippen molar-refractivity contribution < 1.29 is 17.8 Å². The smallest absolute Gasteiger partial charge is 0.365 e. The first kappa shape index (κ1) is 19.6. The third-order valence-electron chi connectivity index (χ3n) is 4.17. The van der Waals surface area contributed by atoms with E-state index in [9.17, 15) is 18.4 Å². The standard InChI is InChI=1S/C17H11ClF2N6O4/c1-26(11-10(12(27)13(11)28)22-16-21-7-29-25-16)6-8-2-4-9(5-3-8)14-23-15(30-24-14)17(18,19)20/h2-5,7H,6H2,1H3,(H,22,25). The highest BCUT2D eigenvalue weighted by molar-refractivity contribution is 6.21. The monoisotopic (exact) mass is 436 g/mol. The molecule has 0 amide bonds. The van der Waals surface area contributed by atoms with Crippen LogP contribution >= 0.6 is 11.6 Å². The van der Waals surface area contributed by atoms with Gasteiger partial charge in [-0.1, -0.05) is 29.4 Å². The average molecular weight is 437 g/mol. The molecule has 154 valence electrons. The summed E-state index contributed by atoms with van der Waals surface area (Å²) in [5.41, 5.74) is 0.141. The molecule has 0 spiro atoms. The van der Waals surface area contributed by atoms with Crippen LogP contribution in [0.15, 0.2) is 49.3 Å². The van der Waals surface area contributed by atoms with Gasteiger partial charge in [-0.2, -0.15) is 18.7 Å². The normalized spacial score (nSPS) is 11.7. The minimum Gasteiger partial charge on any atom is -0.365 e. The van der Waals surface area contributed by atoms with Crippen LogP contribution in [0.25, 0.3) is 11.4 Å². The van der Waals surface area contributed by atoms with Crippen LogP contribution in [0.5, 0.6) is 0 Å². The fourth-order valence-electron chi connectivity index (χ4n) is 2.77. The van der Waals surface area contributed by atoms with Crippen LogP contribution in [-0.4, -0.2) is 27.3 Å². The summed E-state index contributed by atoms with van der Waals surface area (Å²) < 4.78 is 35.1. The molecule has 0 fully saturated rings.